The number of benzene rings is 1. The normalized spacial score (nSPS) is 10.6. The minimum absolute atomic E-state index is 0.730. The van der Waals surface area contributed by atoms with Crippen LogP contribution in [0, 0.1) is 0 Å². The molecule has 2 rings (SSSR count). The van der Waals surface area contributed by atoms with E-state index in [2.05, 4.69) is 42.8 Å². The standard InChI is InChI=1S/C16H21N3/c1-3-12-19-15(4-2)18-14(16(19)17)11-10-13-8-6-5-7-9-13/h3,5-9H,1,4,10-12,17H2,2H3. The van der Waals surface area contributed by atoms with Gasteiger partial charge in [-0.25, -0.2) is 4.98 Å². The molecule has 0 saturated carbocycles. The van der Waals surface area contributed by atoms with Gasteiger partial charge >= 0.3 is 0 Å². The number of allylic oxidation sites excluding steroid dienone is 1. The molecule has 0 unspecified atom stereocenters. The second kappa shape index (κ2) is 6.23. The zero-order chi connectivity index (χ0) is 13.7. The van der Waals surface area contributed by atoms with E-state index in [0.29, 0.717) is 0 Å². The van der Waals surface area contributed by atoms with Gasteiger partial charge in [0.05, 0.1) is 5.69 Å². The van der Waals surface area contributed by atoms with Crippen LogP contribution >= 0.6 is 0 Å². The van der Waals surface area contributed by atoms with Crippen LogP contribution in [0.3, 0.4) is 0 Å². The van der Waals surface area contributed by atoms with E-state index in [4.69, 9.17) is 5.73 Å². The van der Waals surface area contributed by atoms with Crippen LogP contribution in [0.5, 0.6) is 0 Å². The van der Waals surface area contributed by atoms with Gasteiger partial charge in [0, 0.05) is 13.0 Å². The number of aryl methyl sites for hydroxylation is 3. The summed E-state index contributed by atoms with van der Waals surface area (Å²) in [6, 6.07) is 10.4. The van der Waals surface area contributed by atoms with Crippen molar-refractivity contribution in [2.45, 2.75) is 32.7 Å². The Morgan fingerprint density at radius 3 is 2.63 bits per heavy atom. The van der Waals surface area contributed by atoms with E-state index in [9.17, 15) is 0 Å². The van der Waals surface area contributed by atoms with Crippen molar-refractivity contribution in [2.75, 3.05) is 5.73 Å². The second-order valence-corrected chi connectivity index (χ2v) is 4.60. The first-order valence-corrected chi connectivity index (χ1v) is 6.74. The molecule has 100 valence electrons. The molecule has 0 aliphatic heterocycles. The van der Waals surface area contributed by atoms with Crippen LogP contribution in [0.1, 0.15) is 24.0 Å². The largest absolute Gasteiger partial charge is 0.384 e. The highest BCUT2D eigenvalue weighted by atomic mass is 15.1. The predicted molar refractivity (Wildman–Crippen MR) is 80.1 cm³/mol. The Morgan fingerprint density at radius 2 is 2.00 bits per heavy atom. The van der Waals surface area contributed by atoms with Crippen LogP contribution in [0.15, 0.2) is 43.0 Å². The first kappa shape index (κ1) is 13.4. The van der Waals surface area contributed by atoms with Crippen molar-refractivity contribution in [2.24, 2.45) is 0 Å². The molecular formula is C16H21N3. The molecule has 0 aliphatic carbocycles. The average molecular weight is 255 g/mol. The summed E-state index contributed by atoms with van der Waals surface area (Å²) in [5.41, 5.74) is 8.50. The topological polar surface area (TPSA) is 43.8 Å². The maximum absolute atomic E-state index is 6.18. The Labute approximate surface area is 114 Å². The van der Waals surface area contributed by atoms with Crippen LogP contribution < -0.4 is 5.73 Å². The lowest BCUT2D eigenvalue weighted by molar-refractivity contribution is 0.757. The van der Waals surface area contributed by atoms with E-state index in [1.54, 1.807) is 0 Å². The molecule has 0 aliphatic rings. The summed E-state index contributed by atoms with van der Waals surface area (Å²) in [5.74, 6) is 1.83. The van der Waals surface area contributed by atoms with Crippen LogP contribution in [-0.4, -0.2) is 9.55 Å². The van der Waals surface area contributed by atoms with Gasteiger partial charge in [-0.05, 0) is 18.4 Å². The van der Waals surface area contributed by atoms with Gasteiger partial charge in [0.2, 0.25) is 0 Å². The molecule has 2 aromatic rings. The first-order chi connectivity index (χ1) is 9.26. The monoisotopic (exact) mass is 255 g/mol. The predicted octanol–water partition coefficient (Wildman–Crippen LogP) is 3.00. The maximum Gasteiger partial charge on any atom is 0.127 e. The van der Waals surface area contributed by atoms with Gasteiger partial charge in [0.15, 0.2) is 0 Å². The molecule has 19 heavy (non-hydrogen) atoms. The summed E-state index contributed by atoms with van der Waals surface area (Å²) in [6.07, 6.45) is 4.60. The quantitative estimate of drug-likeness (QED) is 0.806. The number of aromatic nitrogens is 2. The molecular weight excluding hydrogens is 234 g/mol. The molecule has 0 radical (unpaired) electrons. The molecule has 0 bridgehead atoms. The molecule has 0 amide bonds. The van der Waals surface area contributed by atoms with Gasteiger partial charge < -0.3 is 10.3 Å². The molecule has 0 saturated heterocycles. The van der Waals surface area contributed by atoms with Crippen molar-refractivity contribution in [1.82, 2.24) is 9.55 Å². The molecule has 1 aromatic heterocycles. The number of nitrogens with two attached hydrogens (primary N) is 1. The van der Waals surface area contributed by atoms with E-state index in [1.165, 1.54) is 5.56 Å². The van der Waals surface area contributed by atoms with Crippen molar-refractivity contribution >= 4 is 5.82 Å². The molecule has 0 fully saturated rings. The third kappa shape index (κ3) is 3.05. The zero-order valence-corrected chi connectivity index (χ0v) is 11.5. The fourth-order valence-corrected chi connectivity index (χ4v) is 2.26. The first-order valence-electron chi connectivity index (χ1n) is 6.74. The number of nitrogens with zero attached hydrogens (tertiary/aromatic N) is 2. The van der Waals surface area contributed by atoms with Gasteiger partial charge in [0.25, 0.3) is 0 Å². The van der Waals surface area contributed by atoms with E-state index < -0.39 is 0 Å². The number of anilines is 1. The Hall–Kier alpha value is -2.03. The molecule has 3 heteroatoms. The smallest absolute Gasteiger partial charge is 0.127 e. The molecule has 0 atom stereocenters. The SMILES string of the molecule is C=CCn1c(CC)nc(CCc2ccccc2)c1N. The third-order valence-electron chi connectivity index (χ3n) is 3.28. The lowest BCUT2D eigenvalue weighted by Gasteiger charge is -2.05. The molecule has 1 aromatic carbocycles. The Kier molecular flexibility index (Phi) is 4.39. The number of rotatable bonds is 6. The summed E-state index contributed by atoms with van der Waals surface area (Å²) < 4.78 is 2.05. The van der Waals surface area contributed by atoms with Crippen molar-refractivity contribution in [3.05, 3.63) is 60.1 Å². The Bertz CT molecular complexity index is 541. The Morgan fingerprint density at radius 1 is 1.26 bits per heavy atom. The zero-order valence-electron chi connectivity index (χ0n) is 11.5. The van der Waals surface area contributed by atoms with Crippen molar-refractivity contribution < 1.29 is 0 Å². The fourth-order valence-electron chi connectivity index (χ4n) is 2.26. The van der Waals surface area contributed by atoms with Gasteiger partial charge in [-0.3, -0.25) is 0 Å². The van der Waals surface area contributed by atoms with Gasteiger partial charge in [-0.2, -0.15) is 0 Å². The van der Waals surface area contributed by atoms with Crippen LogP contribution in [0.25, 0.3) is 0 Å². The minimum atomic E-state index is 0.730. The number of hydrogen-bond donors (Lipinski definition) is 1. The minimum Gasteiger partial charge on any atom is -0.384 e. The number of nitrogen functional groups attached to an aromatic ring is 1. The van der Waals surface area contributed by atoms with Crippen LogP contribution in [0.4, 0.5) is 5.82 Å². The van der Waals surface area contributed by atoms with Gasteiger partial charge in [0.1, 0.15) is 11.6 Å². The van der Waals surface area contributed by atoms with Gasteiger partial charge in [-0.1, -0.05) is 43.3 Å². The van der Waals surface area contributed by atoms with Crippen molar-refractivity contribution in [3.63, 3.8) is 0 Å². The molecule has 0 spiro atoms. The van der Waals surface area contributed by atoms with Crippen molar-refractivity contribution in [1.29, 1.82) is 0 Å². The number of imidazole rings is 1. The Balaban J connectivity index is 2.14. The highest BCUT2D eigenvalue weighted by Gasteiger charge is 2.12. The lowest BCUT2D eigenvalue weighted by atomic mass is 10.1. The summed E-state index contributed by atoms with van der Waals surface area (Å²) >= 11 is 0. The molecule has 3 nitrogen and oxygen atoms in total. The van der Waals surface area contributed by atoms with Gasteiger partial charge in [-0.15, -0.1) is 6.58 Å². The van der Waals surface area contributed by atoms with E-state index in [-0.39, 0.29) is 0 Å². The summed E-state index contributed by atoms with van der Waals surface area (Å²) in [4.78, 5) is 4.65. The van der Waals surface area contributed by atoms with E-state index in [1.807, 2.05) is 16.7 Å². The maximum atomic E-state index is 6.18. The highest BCUT2D eigenvalue weighted by Crippen LogP contribution is 2.17. The summed E-state index contributed by atoms with van der Waals surface area (Å²) in [6.45, 7) is 6.60. The molecule has 1 heterocycles. The fraction of sp³-hybridized carbons (Fsp3) is 0.312. The summed E-state index contributed by atoms with van der Waals surface area (Å²) in [7, 11) is 0. The van der Waals surface area contributed by atoms with E-state index in [0.717, 1.165) is 43.1 Å². The van der Waals surface area contributed by atoms with Crippen molar-refractivity contribution in [3.8, 4) is 0 Å². The summed E-state index contributed by atoms with van der Waals surface area (Å²) in [5, 5.41) is 0. The molecule has 2 N–H and O–H groups in total. The van der Waals surface area contributed by atoms with Crippen LogP contribution in [-0.2, 0) is 25.8 Å². The van der Waals surface area contributed by atoms with E-state index >= 15 is 0 Å². The highest BCUT2D eigenvalue weighted by molar-refractivity contribution is 5.39. The second-order valence-electron chi connectivity index (χ2n) is 4.60. The van der Waals surface area contributed by atoms with Crippen LogP contribution in [0.2, 0.25) is 0 Å². The lowest BCUT2D eigenvalue weighted by Crippen LogP contribution is -2.05. The average Bonchev–Trinajstić information content (AvgIpc) is 2.75. The third-order valence-corrected chi connectivity index (χ3v) is 3.28. The number of hydrogen-bond acceptors (Lipinski definition) is 2.